The molecule has 0 spiro atoms. The molecule has 4 aromatic rings. The number of rotatable bonds is 5. The third-order valence-corrected chi connectivity index (χ3v) is 5.65. The number of aliphatic hydroxyl groups excluding tert-OH is 1. The number of hydrogen-bond donors (Lipinski definition) is 1. The molecule has 0 fully saturated rings. The smallest absolute Gasteiger partial charge is 0.406 e. The van der Waals surface area contributed by atoms with Crippen molar-refractivity contribution in [3.63, 3.8) is 0 Å². The minimum Gasteiger partial charge on any atom is -0.406 e. The lowest BCUT2D eigenvalue weighted by Crippen LogP contribution is -2.29. The minimum atomic E-state index is -4.77. The van der Waals surface area contributed by atoms with Gasteiger partial charge in [-0.2, -0.15) is 5.10 Å². The van der Waals surface area contributed by atoms with Crippen molar-refractivity contribution in [1.29, 1.82) is 0 Å². The van der Waals surface area contributed by atoms with E-state index < -0.39 is 12.6 Å². The van der Waals surface area contributed by atoms with Gasteiger partial charge in [-0.05, 0) is 35.9 Å². The molecule has 0 saturated heterocycles. The number of ether oxygens (including phenoxy) is 1. The van der Waals surface area contributed by atoms with Gasteiger partial charge in [0.25, 0.3) is 0 Å². The average molecular weight is 466 g/mol. The van der Waals surface area contributed by atoms with Crippen LogP contribution in [0.3, 0.4) is 0 Å². The molecule has 0 radical (unpaired) electrons. The van der Waals surface area contributed by atoms with Crippen LogP contribution in [0.25, 0.3) is 5.57 Å². The normalized spacial score (nSPS) is 15.7. The van der Waals surface area contributed by atoms with Crippen LogP contribution < -0.4 is 9.64 Å². The second kappa shape index (κ2) is 8.42. The Morgan fingerprint density at radius 2 is 1.76 bits per heavy atom. The molecule has 3 heterocycles. The van der Waals surface area contributed by atoms with E-state index in [2.05, 4.69) is 9.84 Å². The monoisotopic (exact) mass is 466 g/mol. The van der Waals surface area contributed by atoms with E-state index >= 15 is 0 Å². The molecule has 0 aliphatic carbocycles. The van der Waals surface area contributed by atoms with Crippen molar-refractivity contribution in [2.75, 3.05) is 4.90 Å². The Labute approximate surface area is 193 Å². The summed E-state index contributed by atoms with van der Waals surface area (Å²) in [6.45, 7) is 0.555. The predicted octanol–water partition coefficient (Wildman–Crippen LogP) is 5.07. The molecule has 0 saturated carbocycles. The van der Waals surface area contributed by atoms with Gasteiger partial charge in [-0.15, -0.1) is 13.2 Å². The van der Waals surface area contributed by atoms with Gasteiger partial charge in [0.15, 0.2) is 6.23 Å². The van der Waals surface area contributed by atoms with Gasteiger partial charge >= 0.3 is 6.36 Å². The first-order valence-corrected chi connectivity index (χ1v) is 10.5. The van der Waals surface area contributed by atoms with Gasteiger partial charge in [0.05, 0.1) is 11.9 Å². The Morgan fingerprint density at radius 3 is 2.41 bits per heavy atom. The molecule has 5 rings (SSSR count). The highest BCUT2D eigenvalue weighted by Gasteiger charge is 2.33. The molecule has 1 N–H and O–H groups in total. The summed E-state index contributed by atoms with van der Waals surface area (Å²) in [5.74, 6) is -0.327. The van der Waals surface area contributed by atoms with Crippen LogP contribution in [0, 0.1) is 0 Å². The van der Waals surface area contributed by atoms with Gasteiger partial charge < -0.3 is 19.3 Å². The molecule has 6 nitrogen and oxygen atoms in total. The van der Waals surface area contributed by atoms with E-state index in [1.165, 1.54) is 24.3 Å². The predicted molar refractivity (Wildman–Crippen MR) is 121 cm³/mol. The lowest BCUT2D eigenvalue weighted by atomic mass is 9.97. The number of anilines is 1. The second-order valence-electron chi connectivity index (χ2n) is 8.00. The quantitative estimate of drug-likeness (QED) is 0.446. The van der Waals surface area contributed by atoms with Gasteiger partial charge in [0.2, 0.25) is 0 Å². The second-order valence-corrected chi connectivity index (χ2v) is 8.00. The van der Waals surface area contributed by atoms with Crippen molar-refractivity contribution in [3.8, 4) is 5.75 Å². The summed E-state index contributed by atoms with van der Waals surface area (Å²) in [7, 11) is 1.82. The summed E-state index contributed by atoms with van der Waals surface area (Å²) >= 11 is 0. The fourth-order valence-electron chi connectivity index (χ4n) is 4.16. The van der Waals surface area contributed by atoms with E-state index in [4.69, 9.17) is 0 Å². The Morgan fingerprint density at radius 1 is 1.03 bits per heavy atom. The Hall–Kier alpha value is -3.98. The zero-order valence-corrected chi connectivity index (χ0v) is 18.1. The third-order valence-electron chi connectivity index (χ3n) is 5.65. The minimum absolute atomic E-state index is 0.327. The van der Waals surface area contributed by atoms with Crippen molar-refractivity contribution in [2.24, 2.45) is 7.05 Å². The lowest BCUT2D eigenvalue weighted by molar-refractivity contribution is -0.274. The Kier molecular flexibility index (Phi) is 5.41. The summed E-state index contributed by atoms with van der Waals surface area (Å²) in [6, 6.07) is 17.3. The zero-order chi connectivity index (χ0) is 23.9. The van der Waals surface area contributed by atoms with Gasteiger partial charge in [0.1, 0.15) is 5.75 Å². The molecule has 1 aliphatic heterocycles. The summed E-state index contributed by atoms with van der Waals surface area (Å²) in [4.78, 5) is 1.63. The fourth-order valence-corrected chi connectivity index (χ4v) is 4.16. The lowest BCUT2D eigenvalue weighted by Gasteiger charge is -2.33. The van der Waals surface area contributed by atoms with Gasteiger partial charge in [-0.25, -0.2) is 0 Å². The van der Waals surface area contributed by atoms with E-state index in [1.807, 2.05) is 60.4 Å². The highest BCUT2D eigenvalue weighted by atomic mass is 19.4. The first-order chi connectivity index (χ1) is 16.3. The summed E-state index contributed by atoms with van der Waals surface area (Å²) in [5.41, 5.74) is 4.84. The van der Waals surface area contributed by atoms with Crippen LogP contribution in [0.2, 0.25) is 0 Å². The van der Waals surface area contributed by atoms with E-state index in [-0.39, 0.29) is 5.75 Å². The summed E-state index contributed by atoms with van der Waals surface area (Å²) in [6.07, 6.45) is 1.50. The van der Waals surface area contributed by atoms with Crippen molar-refractivity contribution >= 4 is 11.3 Å². The number of aromatic nitrogens is 3. The number of benzene rings is 2. The van der Waals surface area contributed by atoms with Crippen molar-refractivity contribution in [1.82, 2.24) is 14.3 Å². The van der Waals surface area contributed by atoms with Crippen molar-refractivity contribution < 1.29 is 23.0 Å². The molecule has 174 valence electrons. The van der Waals surface area contributed by atoms with Gasteiger partial charge in [-0.3, -0.25) is 4.68 Å². The largest absolute Gasteiger partial charge is 0.573 e. The maximum absolute atomic E-state index is 12.6. The molecule has 2 aromatic carbocycles. The maximum Gasteiger partial charge on any atom is 0.573 e. The van der Waals surface area contributed by atoms with Crippen LogP contribution in [0.15, 0.2) is 85.5 Å². The molecule has 0 bridgehead atoms. The van der Waals surface area contributed by atoms with Crippen LogP contribution in [0.5, 0.6) is 5.75 Å². The maximum atomic E-state index is 12.6. The van der Waals surface area contributed by atoms with Crippen LogP contribution >= 0.6 is 0 Å². The third kappa shape index (κ3) is 4.29. The molecule has 34 heavy (non-hydrogen) atoms. The highest BCUT2D eigenvalue weighted by Crippen LogP contribution is 2.40. The number of hydrogen-bond acceptors (Lipinski definition) is 4. The van der Waals surface area contributed by atoms with Gasteiger partial charge in [0, 0.05) is 54.6 Å². The Bertz CT molecular complexity index is 1320. The first-order valence-electron chi connectivity index (χ1n) is 10.5. The number of alkyl halides is 3. The van der Waals surface area contributed by atoms with E-state index in [0.717, 1.165) is 22.3 Å². The first kappa shape index (κ1) is 21.8. The molecule has 1 unspecified atom stereocenters. The number of halogens is 3. The number of aliphatic hydroxyl groups is 1. The summed E-state index contributed by atoms with van der Waals surface area (Å²) in [5, 5.41) is 15.6. The zero-order valence-electron chi connectivity index (χ0n) is 18.1. The fraction of sp³-hybridized carbons (Fsp3) is 0.160. The Balaban J connectivity index is 1.56. The van der Waals surface area contributed by atoms with E-state index in [9.17, 15) is 18.3 Å². The van der Waals surface area contributed by atoms with E-state index in [0.29, 0.717) is 17.9 Å². The number of fused-ring (bicyclic) bond motifs is 1. The van der Waals surface area contributed by atoms with Crippen LogP contribution in [-0.2, 0) is 13.6 Å². The van der Waals surface area contributed by atoms with E-state index in [1.54, 1.807) is 22.0 Å². The molecule has 0 amide bonds. The topological polar surface area (TPSA) is 55.4 Å². The van der Waals surface area contributed by atoms with Crippen molar-refractivity contribution in [2.45, 2.75) is 19.1 Å². The highest BCUT2D eigenvalue weighted by molar-refractivity contribution is 5.85. The molecule has 1 aliphatic rings. The number of aryl methyl sites for hydroxylation is 1. The van der Waals surface area contributed by atoms with Crippen LogP contribution in [0.4, 0.5) is 18.9 Å². The standard InChI is InChI=1S/C25H21F3N4O2/c1-30-15-18(13-29-30)22-16-32(19-7-9-20(10-8-19)34-25(26,27)28)24(33)23-21(22)11-12-31(23)14-17-5-3-2-4-6-17/h2-13,15-16,24,33H,14H2,1H3. The molecular formula is C25H21F3N4O2. The van der Waals surface area contributed by atoms with Crippen molar-refractivity contribution in [3.05, 3.63) is 108 Å². The molecule has 1 atom stereocenters. The number of nitrogens with zero attached hydrogens (tertiary/aromatic N) is 4. The molecular weight excluding hydrogens is 445 g/mol. The molecule has 9 heteroatoms. The van der Waals surface area contributed by atoms with Crippen LogP contribution in [0.1, 0.15) is 28.6 Å². The molecule has 2 aromatic heterocycles. The summed E-state index contributed by atoms with van der Waals surface area (Å²) < 4.78 is 45.3. The van der Waals surface area contributed by atoms with Gasteiger partial charge in [-0.1, -0.05) is 30.3 Å². The average Bonchev–Trinajstić information content (AvgIpc) is 3.41. The SMILES string of the molecule is Cn1cc(C2=CN(c3ccc(OC(F)(F)F)cc3)C(O)c3c2ccn3Cc2ccccc2)cn1. The van der Waals surface area contributed by atoms with Crippen LogP contribution in [-0.4, -0.2) is 25.8 Å².